The van der Waals surface area contributed by atoms with Crippen molar-refractivity contribution in [2.24, 2.45) is 5.73 Å². The zero-order chi connectivity index (χ0) is 14.7. The largest absolute Gasteiger partial charge is 0.338 e. The van der Waals surface area contributed by atoms with E-state index < -0.39 is 0 Å². The lowest BCUT2D eigenvalue weighted by Gasteiger charge is -2.29. The van der Waals surface area contributed by atoms with Gasteiger partial charge in [0.05, 0.1) is 6.42 Å². The van der Waals surface area contributed by atoms with Crippen molar-refractivity contribution in [3.8, 4) is 0 Å². The molecule has 1 aliphatic rings. The average Bonchev–Trinajstić information content (AvgIpc) is 2.55. The Balaban J connectivity index is 1.66. The van der Waals surface area contributed by atoms with E-state index in [1.54, 1.807) is 0 Å². The van der Waals surface area contributed by atoms with Crippen LogP contribution in [0.3, 0.4) is 0 Å². The number of carbonyl (C=O) groups is 1. The minimum absolute atomic E-state index is 0.199. The van der Waals surface area contributed by atoms with E-state index in [1.165, 1.54) is 11.1 Å². The van der Waals surface area contributed by atoms with E-state index in [4.69, 9.17) is 5.73 Å². The average molecular weight is 280 g/mol. The topological polar surface area (TPSA) is 46.3 Å². The SMILES string of the molecule is NCc1ccc(CC(=O)N2CCc3ccccc3C2)cc1. The predicted octanol–water partition coefficient (Wildman–Crippen LogP) is 2.27. The molecule has 0 atom stereocenters. The lowest BCUT2D eigenvalue weighted by atomic mass is 9.99. The number of fused-ring (bicyclic) bond motifs is 1. The summed E-state index contributed by atoms with van der Waals surface area (Å²) in [6.45, 7) is 2.09. The van der Waals surface area contributed by atoms with Crippen molar-refractivity contribution in [2.75, 3.05) is 6.54 Å². The monoisotopic (exact) mass is 280 g/mol. The highest BCUT2D eigenvalue weighted by Gasteiger charge is 2.20. The van der Waals surface area contributed by atoms with Crippen molar-refractivity contribution in [3.05, 3.63) is 70.8 Å². The molecule has 3 rings (SSSR count). The fourth-order valence-corrected chi connectivity index (χ4v) is 2.79. The minimum Gasteiger partial charge on any atom is -0.338 e. The summed E-state index contributed by atoms with van der Waals surface area (Å²) >= 11 is 0. The number of amides is 1. The Morgan fingerprint density at radius 3 is 2.38 bits per heavy atom. The van der Waals surface area contributed by atoms with Gasteiger partial charge in [-0.15, -0.1) is 0 Å². The molecule has 3 nitrogen and oxygen atoms in total. The van der Waals surface area contributed by atoms with Crippen LogP contribution in [0.25, 0.3) is 0 Å². The van der Waals surface area contributed by atoms with Crippen LogP contribution in [0.1, 0.15) is 22.3 Å². The van der Waals surface area contributed by atoms with E-state index >= 15 is 0 Å². The third-order valence-corrected chi connectivity index (χ3v) is 4.10. The van der Waals surface area contributed by atoms with Gasteiger partial charge in [0, 0.05) is 19.6 Å². The van der Waals surface area contributed by atoms with Crippen LogP contribution < -0.4 is 5.73 Å². The quantitative estimate of drug-likeness (QED) is 0.937. The molecule has 21 heavy (non-hydrogen) atoms. The van der Waals surface area contributed by atoms with E-state index in [-0.39, 0.29) is 5.91 Å². The van der Waals surface area contributed by atoms with Crippen LogP contribution in [0.4, 0.5) is 0 Å². The van der Waals surface area contributed by atoms with Gasteiger partial charge >= 0.3 is 0 Å². The zero-order valence-corrected chi connectivity index (χ0v) is 12.1. The Morgan fingerprint density at radius 2 is 1.67 bits per heavy atom. The molecule has 0 aromatic heterocycles. The molecule has 2 N–H and O–H groups in total. The van der Waals surface area contributed by atoms with Gasteiger partial charge in [-0.1, -0.05) is 48.5 Å². The molecule has 0 bridgehead atoms. The van der Waals surface area contributed by atoms with E-state index in [2.05, 4.69) is 18.2 Å². The zero-order valence-electron chi connectivity index (χ0n) is 12.1. The van der Waals surface area contributed by atoms with Gasteiger partial charge in [0.2, 0.25) is 5.91 Å². The minimum atomic E-state index is 0.199. The molecule has 1 aliphatic heterocycles. The van der Waals surface area contributed by atoms with Crippen molar-refractivity contribution >= 4 is 5.91 Å². The highest BCUT2D eigenvalue weighted by molar-refractivity contribution is 5.79. The third kappa shape index (κ3) is 3.14. The number of carbonyl (C=O) groups excluding carboxylic acids is 1. The van der Waals surface area contributed by atoms with Crippen LogP contribution in [-0.4, -0.2) is 17.4 Å². The molecule has 2 aromatic carbocycles. The lowest BCUT2D eigenvalue weighted by molar-refractivity contribution is -0.131. The fourth-order valence-electron chi connectivity index (χ4n) is 2.79. The smallest absolute Gasteiger partial charge is 0.227 e. The first-order valence-corrected chi connectivity index (χ1v) is 7.38. The summed E-state index contributed by atoms with van der Waals surface area (Å²) in [6, 6.07) is 16.4. The highest BCUT2D eigenvalue weighted by Crippen LogP contribution is 2.19. The fraction of sp³-hybridized carbons (Fsp3) is 0.278. The van der Waals surface area contributed by atoms with Crippen LogP contribution in [-0.2, 0) is 30.7 Å². The molecular weight excluding hydrogens is 260 g/mol. The molecule has 0 radical (unpaired) electrons. The van der Waals surface area contributed by atoms with Gasteiger partial charge in [0.1, 0.15) is 0 Å². The summed E-state index contributed by atoms with van der Waals surface area (Å²) in [6.07, 6.45) is 1.42. The Morgan fingerprint density at radius 1 is 1.00 bits per heavy atom. The molecule has 0 unspecified atom stereocenters. The maximum atomic E-state index is 12.4. The second-order valence-corrected chi connectivity index (χ2v) is 5.53. The third-order valence-electron chi connectivity index (χ3n) is 4.10. The van der Waals surface area contributed by atoms with Gasteiger partial charge in [-0.3, -0.25) is 4.79 Å². The Hall–Kier alpha value is -2.13. The number of hydrogen-bond acceptors (Lipinski definition) is 2. The van der Waals surface area contributed by atoms with Crippen LogP contribution >= 0.6 is 0 Å². The van der Waals surface area contributed by atoms with Crippen molar-refractivity contribution < 1.29 is 4.79 Å². The van der Waals surface area contributed by atoms with E-state index in [1.807, 2.05) is 35.2 Å². The molecule has 108 valence electrons. The van der Waals surface area contributed by atoms with Crippen molar-refractivity contribution in [1.29, 1.82) is 0 Å². The first-order chi connectivity index (χ1) is 10.3. The van der Waals surface area contributed by atoms with Crippen molar-refractivity contribution in [3.63, 3.8) is 0 Å². The molecular formula is C18H20N2O. The molecule has 1 amide bonds. The number of benzene rings is 2. The van der Waals surface area contributed by atoms with Gasteiger partial charge in [0.15, 0.2) is 0 Å². The van der Waals surface area contributed by atoms with Gasteiger partial charge in [-0.2, -0.15) is 0 Å². The lowest BCUT2D eigenvalue weighted by Crippen LogP contribution is -2.36. The summed E-state index contributed by atoms with van der Waals surface area (Å²) in [5.74, 6) is 0.199. The Labute approximate surface area is 125 Å². The summed E-state index contributed by atoms with van der Waals surface area (Å²) in [5.41, 5.74) is 10.4. The summed E-state index contributed by atoms with van der Waals surface area (Å²) in [5, 5.41) is 0. The second-order valence-electron chi connectivity index (χ2n) is 5.53. The van der Waals surface area contributed by atoms with E-state index in [0.717, 1.165) is 30.6 Å². The summed E-state index contributed by atoms with van der Waals surface area (Å²) < 4.78 is 0. The van der Waals surface area contributed by atoms with Gasteiger partial charge in [0.25, 0.3) is 0 Å². The standard InChI is InChI=1S/C18H20N2O/c19-12-15-7-5-14(6-8-15)11-18(21)20-10-9-16-3-1-2-4-17(16)13-20/h1-8H,9-13,19H2. The Kier molecular flexibility index (Phi) is 4.02. The molecule has 0 spiro atoms. The number of nitrogens with two attached hydrogens (primary N) is 1. The van der Waals surface area contributed by atoms with Crippen LogP contribution in [0.5, 0.6) is 0 Å². The molecule has 0 aliphatic carbocycles. The number of rotatable bonds is 3. The normalized spacial score (nSPS) is 13.9. The van der Waals surface area contributed by atoms with Gasteiger partial charge in [-0.25, -0.2) is 0 Å². The Bertz CT molecular complexity index is 634. The maximum Gasteiger partial charge on any atom is 0.227 e. The van der Waals surface area contributed by atoms with E-state index in [9.17, 15) is 4.79 Å². The summed E-state index contributed by atoms with van der Waals surface area (Å²) in [7, 11) is 0. The molecule has 0 saturated carbocycles. The molecule has 2 aromatic rings. The number of hydrogen-bond donors (Lipinski definition) is 1. The van der Waals surface area contributed by atoms with E-state index in [0.29, 0.717) is 13.0 Å². The molecule has 3 heteroatoms. The first-order valence-electron chi connectivity index (χ1n) is 7.38. The summed E-state index contributed by atoms with van der Waals surface area (Å²) in [4.78, 5) is 14.4. The van der Waals surface area contributed by atoms with Crippen molar-refractivity contribution in [1.82, 2.24) is 4.90 Å². The maximum absolute atomic E-state index is 12.4. The van der Waals surface area contributed by atoms with Crippen molar-refractivity contribution in [2.45, 2.75) is 25.9 Å². The highest BCUT2D eigenvalue weighted by atomic mass is 16.2. The van der Waals surface area contributed by atoms with Gasteiger partial charge < -0.3 is 10.6 Å². The molecule has 0 fully saturated rings. The second kappa shape index (κ2) is 6.10. The van der Waals surface area contributed by atoms with Gasteiger partial charge in [-0.05, 0) is 28.7 Å². The first kappa shape index (κ1) is 13.8. The molecule has 1 heterocycles. The van der Waals surface area contributed by atoms with Crippen LogP contribution in [0, 0.1) is 0 Å². The predicted molar refractivity (Wildman–Crippen MR) is 83.6 cm³/mol. The van der Waals surface area contributed by atoms with Crippen LogP contribution in [0.2, 0.25) is 0 Å². The number of nitrogens with zero attached hydrogens (tertiary/aromatic N) is 1. The molecule has 0 saturated heterocycles. The van der Waals surface area contributed by atoms with Crippen LogP contribution in [0.15, 0.2) is 48.5 Å².